The third-order valence-electron chi connectivity index (χ3n) is 8.15. The van der Waals surface area contributed by atoms with Crippen molar-refractivity contribution in [3.63, 3.8) is 0 Å². The van der Waals surface area contributed by atoms with Crippen molar-refractivity contribution in [2.45, 2.75) is 68.6 Å². The van der Waals surface area contributed by atoms with E-state index in [1.54, 1.807) is 29.8 Å². The van der Waals surface area contributed by atoms with Gasteiger partial charge in [-0.2, -0.15) is 11.8 Å². The van der Waals surface area contributed by atoms with Crippen molar-refractivity contribution < 1.29 is 23.9 Å². The summed E-state index contributed by atoms with van der Waals surface area (Å²) in [6.07, 6.45) is 9.68. The molecule has 0 radical (unpaired) electrons. The molecule has 0 aliphatic carbocycles. The van der Waals surface area contributed by atoms with Crippen LogP contribution in [0.2, 0.25) is 5.02 Å². The van der Waals surface area contributed by atoms with Crippen LogP contribution < -0.4 is 20.7 Å². The number of pyridine rings is 1. The quantitative estimate of drug-likeness (QED) is 0.0950. The molecule has 0 spiro atoms. The average Bonchev–Trinajstić information content (AvgIpc) is 3.82. The van der Waals surface area contributed by atoms with Gasteiger partial charge in [0, 0.05) is 57.6 Å². The Morgan fingerprint density at radius 3 is 2.98 bits per heavy atom. The molecule has 12 heteroatoms. The van der Waals surface area contributed by atoms with Crippen molar-refractivity contribution in [3.05, 3.63) is 75.9 Å². The first-order valence-corrected chi connectivity index (χ1v) is 17.4. The minimum atomic E-state index is -0.351. The number of nitrogens with zero attached hydrogens (tertiary/aromatic N) is 1. The van der Waals surface area contributed by atoms with E-state index < -0.39 is 0 Å². The van der Waals surface area contributed by atoms with Crippen LogP contribution in [0.15, 0.2) is 54.9 Å². The van der Waals surface area contributed by atoms with Crippen molar-refractivity contribution in [2.75, 3.05) is 12.3 Å². The van der Waals surface area contributed by atoms with Crippen LogP contribution in [0, 0.1) is 0 Å². The Labute approximate surface area is 275 Å². The molecule has 2 fully saturated rings. The lowest BCUT2D eigenvalue weighted by Gasteiger charge is -2.16. The number of thioether (sulfide) groups is 1. The summed E-state index contributed by atoms with van der Waals surface area (Å²) in [6, 6.07) is 12.0. The van der Waals surface area contributed by atoms with E-state index in [-0.39, 0.29) is 42.2 Å². The molecule has 236 valence electrons. The van der Waals surface area contributed by atoms with Crippen LogP contribution in [0.4, 0.5) is 4.79 Å². The van der Waals surface area contributed by atoms with Crippen molar-refractivity contribution in [3.8, 4) is 16.2 Å². The number of hydrogen-bond acceptors (Lipinski definition) is 8. The summed E-state index contributed by atoms with van der Waals surface area (Å²) >= 11 is 10.1. The largest absolute Gasteiger partial charge is 0.486 e. The number of ether oxygens (including phenoxy) is 2. The Kier molecular flexibility index (Phi) is 9.97. The summed E-state index contributed by atoms with van der Waals surface area (Å²) in [4.78, 5) is 42.5. The predicted molar refractivity (Wildman–Crippen MR) is 178 cm³/mol. The number of benzene rings is 1. The van der Waals surface area contributed by atoms with E-state index in [1.165, 1.54) is 6.08 Å². The second-order valence-corrected chi connectivity index (χ2v) is 14.3. The fourth-order valence-corrected chi connectivity index (χ4v) is 8.66. The standard InChI is InChI=1S/C33H35ClN4O5S2/c1-19(42-30(40)7-3-2-6-28-31-25(18-44-28)37-33(41)38-31)26-9-10-27(45-26)21-13-22-14-23(43-32(22)24(34)15-21)17-36-29(39)11-8-20-5-4-12-35-16-20/h4-5,8-13,15-16,19,23,25,28,31H,2-3,6-7,14,17-18H2,1H3,(H,36,39)(H2,37,38,41)/t19?,23?,25-,28-,31-/m0/s1. The molecule has 6 rings (SSSR count). The van der Waals surface area contributed by atoms with Crippen molar-refractivity contribution >= 4 is 58.7 Å². The van der Waals surface area contributed by atoms with Gasteiger partial charge in [0.05, 0.1) is 23.7 Å². The van der Waals surface area contributed by atoms with Gasteiger partial charge in [-0.25, -0.2) is 4.79 Å². The van der Waals surface area contributed by atoms with Crippen LogP contribution >= 0.6 is 34.7 Å². The first-order chi connectivity index (χ1) is 21.8. The molecule has 5 heterocycles. The highest BCUT2D eigenvalue weighted by Gasteiger charge is 2.42. The van der Waals surface area contributed by atoms with Crippen LogP contribution in [-0.4, -0.2) is 58.6 Å². The smallest absolute Gasteiger partial charge is 0.315 e. The van der Waals surface area contributed by atoms with Gasteiger partial charge >= 0.3 is 12.0 Å². The van der Waals surface area contributed by atoms with Crippen LogP contribution in [0.25, 0.3) is 16.5 Å². The van der Waals surface area contributed by atoms with Gasteiger partial charge in [0.15, 0.2) is 0 Å². The first kappa shape index (κ1) is 31.4. The molecule has 3 aliphatic rings. The molecule has 1 aromatic carbocycles. The second-order valence-electron chi connectivity index (χ2n) is 11.5. The summed E-state index contributed by atoms with van der Waals surface area (Å²) in [7, 11) is 0. The Bertz CT molecular complexity index is 1580. The van der Waals surface area contributed by atoms with Crippen LogP contribution in [0.1, 0.15) is 54.7 Å². The van der Waals surface area contributed by atoms with Crippen LogP contribution in [0.5, 0.6) is 5.75 Å². The number of carbonyl (C=O) groups is 3. The van der Waals surface area contributed by atoms with Gasteiger partial charge in [-0.05, 0) is 67.3 Å². The molecule has 2 unspecified atom stereocenters. The zero-order chi connectivity index (χ0) is 31.3. The summed E-state index contributed by atoms with van der Waals surface area (Å²) < 4.78 is 11.8. The van der Waals surface area contributed by atoms with Gasteiger partial charge < -0.3 is 25.4 Å². The molecule has 3 N–H and O–H groups in total. The van der Waals surface area contributed by atoms with Gasteiger partial charge in [0.1, 0.15) is 18.0 Å². The second kappa shape index (κ2) is 14.3. The Balaban J connectivity index is 0.956. The lowest BCUT2D eigenvalue weighted by Crippen LogP contribution is -2.36. The Morgan fingerprint density at radius 1 is 1.24 bits per heavy atom. The van der Waals surface area contributed by atoms with Gasteiger partial charge in [-0.1, -0.05) is 24.1 Å². The number of nitrogens with one attached hydrogen (secondary N) is 3. The fraction of sp³-hybridized carbons (Fsp3) is 0.394. The summed E-state index contributed by atoms with van der Waals surface area (Å²) in [5, 5.41) is 9.79. The van der Waals surface area contributed by atoms with E-state index in [9.17, 15) is 14.4 Å². The molecule has 0 bridgehead atoms. The third-order valence-corrected chi connectivity index (χ3v) is 11.2. The van der Waals surface area contributed by atoms with E-state index in [1.807, 2.05) is 49.0 Å². The van der Waals surface area contributed by atoms with Crippen LogP contribution in [0.3, 0.4) is 0 Å². The van der Waals surface area contributed by atoms with Crippen molar-refractivity contribution in [2.24, 2.45) is 0 Å². The number of amides is 3. The topological polar surface area (TPSA) is 119 Å². The average molecular weight is 667 g/mol. The molecule has 3 aliphatic heterocycles. The molecular weight excluding hydrogens is 632 g/mol. The monoisotopic (exact) mass is 666 g/mol. The number of unbranched alkanes of at least 4 members (excludes halogenated alkanes) is 1. The molecule has 3 aromatic rings. The van der Waals surface area contributed by atoms with E-state index in [0.29, 0.717) is 35.4 Å². The van der Waals surface area contributed by atoms with Crippen molar-refractivity contribution in [1.29, 1.82) is 0 Å². The first-order valence-electron chi connectivity index (χ1n) is 15.2. The third kappa shape index (κ3) is 7.82. The highest BCUT2D eigenvalue weighted by Crippen LogP contribution is 2.42. The zero-order valence-corrected chi connectivity index (χ0v) is 27.2. The maximum absolute atomic E-state index is 12.6. The molecule has 9 nitrogen and oxygen atoms in total. The van der Waals surface area contributed by atoms with Crippen molar-refractivity contribution in [1.82, 2.24) is 20.9 Å². The minimum Gasteiger partial charge on any atom is -0.486 e. The number of esters is 1. The lowest BCUT2D eigenvalue weighted by atomic mass is 10.0. The van der Waals surface area contributed by atoms with Gasteiger partial charge in [-0.15, -0.1) is 11.3 Å². The lowest BCUT2D eigenvalue weighted by molar-refractivity contribution is -0.148. The van der Waals surface area contributed by atoms with Gasteiger partial charge in [0.2, 0.25) is 5.91 Å². The summed E-state index contributed by atoms with van der Waals surface area (Å²) in [5.74, 6) is 1.19. The number of rotatable bonds is 12. The molecule has 45 heavy (non-hydrogen) atoms. The van der Waals surface area contributed by atoms with Crippen LogP contribution in [-0.2, 0) is 20.7 Å². The number of halogens is 1. The van der Waals surface area contributed by atoms with Gasteiger partial charge in [0.25, 0.3) is 0 Å². The minimum absolute atomic E-state index is 0.0735. The summed E-state index contributed by atoms with van der Waals surface area (Å²) in [6.45, 7) is 2.26. The maximum atomic E-state index is 12.6. The number of urea groups is 1. The molecule has 2 aromatic heterocycles. The number of aromatic nitrogens is 1. The van der Waals surface area contributed by atoms with E-state index in [4.69, 9.17) is 21.1 Å². The Hall–Kier alpha value is -3.54. The zero-order valence-electron chi connectivity index (χ0n) is 24.8. The molecule has 2 saturated heterocycles. The fourth-order valence-electron chi connectivity index (χ4n) is 5.86. The van der Waals surface area contributed by atoms with Gasteiger partial charge in [-0.3, -0.25) is 14.6 Å². The van der Waals surface area contributed by atoms with E-state index in [0.717, 1.165) is 51.5 Å². The maximum Gasteiger partial charge on any atom is 0.315 e. The highest BCUT2D eigenvalue weighted by molar-refractivity contribution is 8.00. The number of fused-ring (bicyclic) bond motifs is 2. The molecular formula is C33H35ClN4O5S2. The molecule has 0 saturated carbocycles. The number of hydrogen-bond donors (Lipinski definition) is 3. The number of thiophene rings is 1. The van der Waals surface area contributed by atoms with E-state index in [2.05, 4.69) is 27.0 Å². The van der Waals surface area contributed by atoms with E-state index >= 15 is 0 Å². The molecule has 3 amide bonds. The summed E-state index contributed by atoms with van der Waals surface area (Å²) in [5.41, 5.74) is 2.82. The normalized spacial score (nSPS) is 22.3. The molecule has 5 atom stereocenters. The predicted octanol–water partition coefficient (Wildman–Crippen LogP) is 5.93. The highest BCUT2D eigenvalue weighted by atomic mass is 35.5. The SMILES string of the molecule is CC(OC(=O)CCCC[C@@H]1SC[C@@H]2NC(=O)N[C@@H]21)c1ccc(-c2cc(Cl)c3c(c2)CC(CNC(=O)C=Cc2cccnc2)O3)s1. The Morgan fingerprint density at radius 2 is 2.13 bits per heavy atom. The number of carbonyl (C=O) groups excluding carboxylic acids is 3.